The maximum absolute atomic E-state index is 11.5. The zero-order valence-electron chi connectivity index (χ0n) is 12.1. The van der Waals surface area contributed by atoms with E-state index in [1.165, 1.54) is 0 Å². The zero-order valence-corrected chi connectivity index (χ0v) is 12.1. The lowest BCUT2D eigenvalue weighted by atomic mass is 10.1. The van der Waals surface area contributed by atoms with E-state index in [2.05, 4.69) is 5.32 Å². The van der Waals surface area contributed by atoms with Crippen molar-refractivity contribution in [1.82, 2.24) is 5.32 Å². The van der Waals surface area contributed by atoms with Gasteiger partial charge < -0.3 is 19.9 Å². The van der Waals surface area contributed by atoms with Crippen LogP contribution in [0.3, 0.4) is 0 Å². The topological polar surface area (TPSA) is 84.9 Å². The molecule has 0 fully saturated rings. The first-order valence-electron chi connectivity index (χ1n) is 6.88. The van der Waals surface area contributed by atoms with Crippen molar-refractivity contribution in [2.75, 3.05) is 33.0 Å². The van der Waals surface area contributed by atoms with Crippen LogP contribution in [0.2, 0.25) is 0 Å². The largest absolute Gasteiger partial charge is 0.478 e. The van der Waals surface area contributed by atoms with Crippen molar-refractivity contribution in [2.24, 2.45) is 0 Å². The number of carboxylic acids is 1. The normalized spacial score (nSPS) is 10.3. The molecule has 0 radical (unpaired) electrons. The third-order valence-electron chi connectivity index (χ3n) is 2.75. The Kier molecular flexibility index (Phi) is 8.08. The van der Waals surface area contributed by atoms with Gasteiger partial charge in [-0.15, -0.1) is 0 Å². The van der Waals surface area contributed by atoms with Crippen molar-refractivity contribution < 1.29 is 24.2 Å². The first-order valence-corrected chi connectivity index (χ1v) is 6.88. The van der Waals surface area contributed by atoms with Gasteiger partial charge in [-0.2, -0.15) is 0 Å². The average molecular weight is 295 g/mol. The molecule has 1 aromatic carbocycles. The van der Waals surface area contributed by atoms with Gasteiger partial charge in [-0.25, -0.2) is 4.79 Å². The summed E-state index contributed by atoms with van der Waals surface area (Å²) in [5.74, 6) is -1.12. The Hall–Kier alpha value is -1.92. The molecular formula is C15H21NO5. The van der Waals surface area contributed by atoms with E-state index in [4.69, 9.17) is 14.6 Å². The monoisotopic (exact) mass is 295 g/mol. The summed E-state index contributed by atoms with van der Waals surface area (Å²) in [5, 5.41) is 11.5. The third-order valence-corrected chi connectivity index (χ3v) is 2.75. The van der Waals surface area contributed by atoms with Crippen LogP contribution in [0.4, 0.5) is 0 Å². The summed E-state index contributed by atoms with van der Waals surface area (Å²) in [5.41, 5.74) is 1.23. The van der Waals surface area contributed by atoms with Gasteiger partial charge in [0.2, 0.25) is 5.91 Å². The lowest BCUT2D eigenvalue weighted by Crippen LogP contribution is -2.30. The maximum Gasteiger partial charge on any atom is 0.335 e. The molecule has 116 valence electrons. The Balaban J connectivity index is 2.15. The highest BCUT2D eigenvalue weighted by atomic mass is 16.5. The van der Waals surface area contributed by atoms with Crippen LogP contribution in [0.1, 0.15) is 22.8 Å². The summed E-state index contributed by atoms with van der Waals surface area (Å²) >= 11 is 0. The highest BCUT2D eigenvalue weighted by Crippen LogP contribution is 2.04. The Morgan fingerprint density at radius 2 is 1.81 bits per heavy atom. The Morgan fingerprint density at radius 3 is 2.43 bits per heavy atom. The van der Waals surface area contributed by atoms with Gasteiger partial charge in [-0.3, -0.25) is 4.79 Å². The predicted molar refractivity (Wildman–Crippen MR) is 77.4 cm³/mol. The Morgan fingerprint density at radius 1 is 1.14 bits per heavy atom. The van der Waals surface area contributed by atoms with E-state index in [9.17, 15) is 9.59 Å². The summed E-state index contributed by atoms with van der Waals surface area (Å²) in [6, 6.07) is 6.59. The highest BCUT2D eigenvalue weighted by Gasteiger charge is 2.03. The van der Waals surface area contributed by atoms with Gasteiger partial charge in [0.25, 0.3) is 0 Å². The molecule has 0 unspecified atom stereocenters. The Labute approximate surface area is 124 Å². The number of nitrogens with one attached hydrogen (secondary N) is 1. The number of hydrogen-bond acceptors (Lipinski definition) is 4. The van der Waals surface area contributed by atoms with E-state index in [1.54, 1.807) is 24.3 Å². The van der Waals surface area contributed by atoms with Crippen molar-refractivity contribution in [2.45, 2.75) is 13.3 Å². The minimum atomic E-state index is -0.945. The summed E-state index contributed by atoms with van der Waals surface area (Å²) in [6.45, 7) is 3.93. The van der Waals surface area contributed by atoms with Crippen LogP contribution in [-0.4, -0.2) is 50.0 Å². The number of amides is 1. The fourth-order valence-corrected chi connectivity index (χ4v) is 1.64. The second-order valence-electron chi connectivity index (χ2n) is 4.35. The summed E-state index contributed by atoms with van der Waals surface area (Å²) in [4.78, 5) is 22.2. The molecule has 6 heteroatoms. The summed E-state index contributed by atoms with van der Waals surface area (Å²) in [6.07, 6.45) is 0.643. The Bertz CT molecular complexity index is 444. The quantitative estimate of drug-likeness (QED) is 0.631. The van der Waals surface area contributed by atoms with Crippen molar-refractivity contribution in [1.29, 1.82) is 0 Å². The van der Waals surface area contributed by atoms with Crippen LogP contribution < -0.4 is 5.32 Å². The molecule has 0 bridgehead atoms. The molecule has 0 aliphatic heterocycles. The van der Waals surface area contributed by atoms with Crippen molar-refractivity contribution in [3.63, 3.8) is 0 Å². The van der Waals surface area contributed by atoms with Gasteiger partial charge in [-0.05, 0) is 31.0 Å². The predicted octanol–water partition coefficient (Wildman–Crippen LogP) is 1.10. The van der Waals surface area contributed by atoms with Gasteiger partial charge in [0.1, 0.15) is 6.61 Å². The first-order chi connectivity index (χ1) is 10.1. The molecule has 0 aliphatic carbocycles. The van der Waals surface area contributed by atoms with Crippen LogP contribution in [-0.2, 0) is 20.7 Å². The summed E-state index contributed by atoms with van der Waals surface area (Å²) < 4.78 is 10.2. The van der Waals surface area contributed by atoms with Crippen molar-refractivity contribution in [3.8, 4) is 0 Å². The molecule has 0 saturated heterocycles. The number of carbonyl (C=O) groups is 2. The summed E-state index contributed by atoms with van der Waals surface area (Å²) in [7, 11) is 0. The van der Waals surface area contributed by atoms with E-state index in [0.29, 0.717) is 32.8 Å². The lowest BCUT2D eigenvalue weighted by Gasteiger charge is -2.07. The molecule has 0 heterocycles. The van der Waals surface area contributed by atoms with E-state index in [-0.39, 0.29) is 18.1 Å². The second-order valence-corrected chi connectivity index (χ2v) is 4.35. The number of carbonyl (C=O) groups excluding carboxylic acids is 1. The number of benzene rings is 1. The number of ether oxygens (including phenoxy) is 2. The molecule has 0 aromatic heterocycles. The smallest absolute Gasteiger partial charge is 0.335 e. The molecule has 1 amide bonds. The van der Waals surface area contributed by atoms with Gasteiger partial charge in [0, 0.05) is 13.2 Å². The second kappa shape index (κ2) is 9.90. The van der Waals surface area contributed by atoms with Crippen molar-refractivity contribution in [3.05, 3.63) is 35.4 Å². The third kappa shape index (κ3) is 7.43. The average Bonchev–Trinajstić information content (AvgIpc) is 2.47. The van der Waals surface area contributed by atoms with Crippen molar-refractivity contribution >= 4 is 11.9 Å². The minimum Gasteiger partial charge on any atom is -0.478 e. The van der Waals surface area contributed by atoms with E-state index in [0.717, 1.165) is 5.56 Å². The van der Waals surface area contributed by atoms with Gasteiger partial charge in [0.15, 0.2) is 0 Å². The molecule has 1 rings (SSSR count). The van der Waals surface area contributed by atoms with Crippen LogP contribution in [0, 0.1) is 0 Å². The molecule has 1 aromatic rings. The molecular weight excluding hydrogens is 274 g/mol. The van der Waals surface area contributed by atoms with Crippen LogP contribution >= 0.6 is 0 Å². The number of aromatic carboxylic acids is 1. The van der Waals surface area contributed by atoms with Crippen LogP contribution in [0.5, 0.6) is 0 Å². The molecule has 6 nitrogen and oxygen atoms in total. The molecule has 0 saturated carbocycles. The lowest BCUT2D eigenvalue weighted by molar-refractivity contribution is -0.126. The maximum atomic E-state index is 11.5. The van der Waals surface area contributed by atoms with E-state index >= 15 is 0 Å². The number of hydrogen-bond donors (Lipinski definition) is 2. The molecule has 0 spiro atoms. The number of carboxylic acid groups (broad SMARTS) is 1. The minimum absolute atomic E-state index is 0.0189. The van der Waals surface area contributed by atoms with Crippen LogP contribution in [0.15, 0.2) is 24.3 Å². The van der Waals surface area contributed by atoms with E-state index in [1.807, 2.05) is 6.92 Å². The van der Waals surface area contributed by atoms with Gasteiger partial charge in [0.05, 0.1) is 18.8 Å². The fourth-order valence-electron chi connectivity index (χ4n) is 1.64. The molecule has 0 aliphatic rings. The number of rotatable bonds is 10. The first kappa shape index (κ1) is 17.1. The highest BCUT2D eigenvalue weighted by molar-refractivity contribution is 5.87. The van der Waals surface area contributed by atoms with Crippen LogP contribution in [0.25, 0.3) is 0 Å². The SMILES string of the molecule is CCOCCOCC(=O)NCCc1ccc(C(=O)O)cc1. The standard InChI is InChI=1S/C15H21NO5/c1-2-20-9-10-21-11-14(17)16-8-7-12-3-5-13(6-4-12)15(18)19/h3-6H,2,7-11H2,1H3,(H,16,17)(H,18,19). The molecule has 2 N–H and O–H groups in total. The molecule has 0 atom stereocenters. The van der Waals surface area contributed by atoms with E-state index < -0.39 is 5.97 Å². The zero-order chi connectivity index (χ0) is 15.5. The molecule has 21 heavy (non-hydrogen) atoms. The fraction of sp³-hybridized carbons (Fsp3) is 0.467. The van der Waals surface area contributed by atoms with Gasteiger partial charge in [-0.1, -0.05) is 12.1 Å². The van der Waals surface area contributed by atoms with Gasteiger partial charge >= 0.3 is 5.97 Å².